The van der Waals surface area contributed by atoms with Crippen LogP contribution in [0.5, 0.6) is 5.88 Å². The number of alkyl halides is 3. The summed E-state index contributed by atoms with van der Waals surface area (Å²) >= 11 is 1.47. The molecule has 0 unspecified atom stereocenters. The van der Waals surface area contributed by atoms with E-state index in [1.807, 2.05) is 6.26 Å². The first kappa shape index (κ1) is 34.7. The number of hydrogen-bond acceptors (Lipinski definition) is 12. The molecule has 2 heterocycles. The van der Waals surface area contributed by atoms with E-state index in [-0.39, 0.29) is 18.5 Å². The van der Waals surface area contributed by atoms with E-state index in [1.165, 1.54) is 18.7 Å². The van der Waals surface area contributed by atoms with E-state index < -0.39 is 78.9 Å². The van der Waals surface area contributed by atoms with Crippen LogP contribution in [0.25, 0.3) is 0 Å². The van der Waals surface area contributed by atoms with Gasteiger partial charge in [-0.05, 0) is 30.9 Å². The van der Waals surface area contributed by atoms with Gasteiger partial charge in [-0.25, -0.2) is 0 Å². The predicted molar refractivity (Wildman–Crippen MR) is 147 cm³/mol. The van der Waals surface area contributed by atoms with E-state index in [1.54, 1.807) is 24.3 Å². The number of thioether (sulfide) groups is 1. The van der Waals surface area contributed by atoms with Gasteiger partial charge in [-0.1, -0.05) is 12.1 Å². The lowest BCUT2D eigenvalue weighted by molar-refractivity contribution is -0.289. The molecule has 0 N–H and O–H groups in total. The molecule has 16 heteroatoms. The summed E-state index contributed by atoms with van der Waals surface area (Å²) < 4.78 is 76.9. The maximum absolute atomic E-state index is 14.4. The van der Waals surface area contributed by atoms with E-state index in [0.29, 0.717) is 5.56 Å². The Kier molecular flexibility index (Phi) is 11.7. The second kappa shape index (κ2) is 14.8. The summed E-state index contributed by atoms with van der Waals surface area (Å²) in [5.74, 6) is -3.83. The summed E-state index contributed by atoms with van der Waals surface area (Å²) in [6.07, 6.45) is -11.0. The van der Waals surface area contributed by atoms with Crippen LogP contribution in [0.3, 0.4) is 0 Å². The Balaban J connectivity index is 2.15. The molecule has 0 amide bonds. The number of carbonyl (C=O) groups excluding carboxylic acids is 4. The number of halogens is 3. The molecule has 5 atom stereocenters. The topological polar surface area (TPSA) is 141 Å². The van der Waals surface area contributed by atoms with Crippen LogP contribution in [0.15, 0.2) is 29.2 Å². The molecule has 44 heavy (non-hydrogen) atoms. The summed E-state index contributed by atoms with van der Waals surface area (Å²) in [4.78, 5) is 48.7. The monoisotopic (exact) mass is 646 g/mol. The lowest BCUT2D eigenvalue weighted by atomic mass is 9.98. The van der Waals surface area contributed by atoms with Crippen molar-refractivity contribution in [1.29, 1.82) is 0 Å². The van der Waals surface area contributed by atoms with E-state index in [9.17, 15) is 32.3 Å². The molecular weight excluding hydrogens is 613 g/mol. The van der Waals surface area contributed by atoms with Crippen LogP contribution in [-0.4, -0.2) is 77.2 Å². The number of rotatable bonds is 11. The van der Waals surface area contributed by atoms with Gasteiger partial charge < -0.3 is 28.4 Å². The van der Waals surface area contributed by atoms with Gasteiger partial charge in [-0.15, -0.1) is 16.9 Å². The van der Waals surface area contributed by atoms with Gasteiger partial charge in [-0.3, -0.25) is 23.9 Å². The maximum Gasteiger partial charge on any atom is 0.433 e. The smallest absolute Gasteiger partial charge is 0.433 e. The lowest BCUT2D eigenvalue weighted by Gasteiger charge is -2.43. The van der Waals surface area contributed by atoms with Crippen molar-refractivity contribution in [3.63, 3.8) is 0 Å². The van der Waals surface area contributed by atoms with Crippen LogP contribution < -0.4 is 4.74 Å². The zero-order valence-corrected chi connectivity index (χ0v) is 25.7. The summed E-state index contributed by atoms with van der Waals surface area (Å²) in [6.45, 7) is 5.00. The molecule has 0 radical (unpaired) electrons. The van der Waals surface area contributed by atoms with Crippen molar-refractivity contribution in [2.75, 3.05) is 12.9 Å². The molecule has 0 bridgehead atoms. The Morgan fingerprint density at radius 1 is 0.909 bits per heavy atom. The molecule has 0 aliphatic carbocycles. The average Bonchev–Trinajstić information content (AvgIpc) is 3.27. The fourth-order valence-corrected chi connectivity index (χ4v) is 5.03. The minimum absolute atomic E-state index is 0.171. The van der Waals surface area contributed by atoms with Crippen molar-refractivity contribution in [2.24, 2.45) is 0 Å². The first-order valence-corrected chi connectivity index (χ1v) is 14.6. The number of aryl methyl sites for hydroxylation is 1. The number of nitrogens with zero attached hydrogens (tertiary/aromatic N) is 2. The highest BCUT2D eigenvalue weighted by atomic mass is 32.2. The third kappa shape index (κ3) is 8.87. The molecule has 1 aromatic heterocycles. The summed E-state index contributed by atoms with van der Waals surface area (Å²) in [7, 11) is 0. The van der Waals surface area contributed by atoms with E-state index in [0.717, 1.165) is 37.3 Å². The predicted octanol–water partition coefficient (Wildman–Crippen LogP) is 3.70. The Bertz CT molecular complexity index is 1350. The summed E-state index contributed by atoms with van der Waals surface area (Å²) in [5.41, 5.74) is -0.867. The van der Waals surface area contributed by atoms with Crippen LogP contribution >= 0.6 is 11.8 Å². The Labute approximate surface area is 255 Å². The van der Waals surface area contributed by atoms with Crippen molar-refractivity contribution >= 4 is 35.6 Å². The fourth-order valence-electron chi connectivity index (χ4n) is 4.62. The first-order chi connectivity index (χ1) is 20.6. The molecule has 1 aliphatic heterocycles. The number of esters is 4. The van der Waals surface area contributed by atoms with Gasteiger partial charge in [0, 0.05) is 45.6 Å². The molecule has 1 saturated heterocycles. The Morgan fingerprint density at radius 2 is 1.48 bits per heavy atom. The van der Waals surface area contributed by atoms with Crippen LogP contribution in [0.1, 0.15) is 51.4 Å². The van der Waals surface area contributed by atoms with E-state index >= 15 is 0 Å². The zero-order chi connectivity index (χ0) is 32.8. The van der Waals surface area contributed by atoms with E-state index in [4.69, 9.17) is 28.4 Å². The SMILES string of the molecule is CCn1nc(O[C@@H]2O[C@H](COC(C)=O)[C@@H](OC(C)=O)[C@H](OC(C)=O)[C@H]2OC(C)=O)c(Cc2ccc(SC)cc2)c1C(F)(F)F. The van der Waals surface area contributed by atoms with Crippen molar-refractivity contribution in [1.82, 2.24) is 9.78 Å². The molecule has 0 saturated carbocycles. The van der Waals surface area contributed by atoms with Gasteiger partial charge in [0.2, 0.25) is 18.3 Å². The van der Waals surface area contributed by atoms with Gasteiger partial charge in [0.1, 0.15) is 18.4 Å². The molecule has 2 aromatic rings. The normalized spacial score (nSPS) is 21.7. The van der Waals surface area contributed by atoms with Crippen molar-refractivity contribution < 1.29 is 60.8 Å². The highest BCUT2D eigenvalue weighted by Crippen LogP contribution is 2.39. The van der Waals surface area contributed by atoms with Crippen LogP contribution in [0.4, 0.5) is 13.2 Å². The highest BCUT2D eigenvalue weighted by Gasteiger charge is 2.54. The third-order valence-electron chi connectivity index (χ3n) is 6.30. The van der Waals surface area contributed by atoms with E-state index in [2.05, 4.69) is 5.10 Å². The molecule has 0 spiro atoms. The van der Waals surface area contributed by atoms with Crippen molar-refractivity contribution in [2.45, 2.75) is 89.4 Å². The minimum Gasteiger partial charge on any atom is -0.463 e. The van der Waals surface area contributed by atoms with Crippen LogP contribution in [0.2, 0.25) is 0 Å². The molecule has 3 rings (SSSR count). The molecule has 1 aliphatic rings. The summed E-state index contributed by atoms with van der Waals surface area (Å²) in [6, 6.07) is 6.87. The minimum atomic E-state index is -4.83. The lowest BCUT2D eigenvalue weighted by Crippen LogP contribution is -2.63. The highest BCUT2D eigenvalue weighted by molar-refractivity contribution is 7.98. The first-order valence-electron chi connectivity index (χ1n) is 13.4. The number of carbonyl (C=O) groups is 4. The van der Waals surface area contributed by atoms with Crippen LogP contribution in [0, 0.1) is 0 Å². The second-order valence-corrected chi connectivity index (χ2v) is 10.5. The summed E-state index contributed by atoms with van der Waals surface area (Å²) in [5, 5.41) is 4.06. The van der Waals surface area contributed by atoms with Gasteiger partial charge in [0.15, 0.2) is 12.2 Å². The fraction of sp³-hybridized carbons (Fsp3) is 0.536. The largest absolute Gasteiger partial charge is 0.463 e. The molecule has 12 nitrogen and oxygen atoms in total. The molecule has 242 valence electrons. The van der Waals surface area contributed by atoms with Crippen molar-refractivity contribution in [3.05, 3.63) is 41.1 Å². The number of benzene rings is 1. The second-order valence-electron chi connectivity index (χ2n) is 9.66. The van der Waals surface area contributed by atoms with Gasteiger partial charge >= 0.3 is 30.1 Å². The van der Waals surface area contributed by atoms with Crippen molar-refractivity contribution in [3.8, 4) is 5.88 Å². The Hall–Kier alpha value is -3.79. The third-order valence-corrected chi connectivity index (χ3v) is 7.04. The van der Waals surface area contributed by atoms with Gasteiger partial charge in [0.05, 0.1) is 5.56 Å². The molecule has 1 aromatic carbocycles. The average molecular weight is 647 g/mol. The quantitative estimate of drug-likeness (QED) is 0.200. The Morgan fingerprint density at radius 3 is 1.98 bits per heavy atom. The zero-order valence-electron chi connectivity index (χ0n) is 24.8. The standard InChI is InChI=1S/C28H33F3N2O10S/c1-7-33-25(28(29,30)31)20(12-18-8-10-19(44-6)11-9-18)26(32-33)43-27-24(41-17(5)37)23(40-16(4)36)22(39-15(3)35)21(42-27)13-38-14(2)34/h8-11,21-24,27H,7,12-13H2,1-6H3/t21-,22-,23+,24-,27+/m1/s1. The number of ether oxygens (including phenoxy) is 6. The van der Waals surface area contributed by atoms with Gasteiger partial charge in [0.25, 0.3) is 0 Å². The number of hydrogen-bond donors (Lipinski definition) is 0. The maximum atomic E-state index is 14.4. The van der Waals surface area contributed by atoms with Gasteiger partial charge in [-0.2, -0.15) is 13.2 Å². The number of aromatic nitrogens is 2. The molecular formula is C28H33F3N2O10S. The van der Waals surface area contributed by atoms with Crippen LogP contribution in [-0.2, 0) is 62.0 Å². The molecule has 1 fully saturated rings.